The van der Waals surface area contributed by atoms with Gasteiger partial charge in [-0.2, -0.15) is 0 Å². The average molecular weight is 190 g/mol. The summed E-state index contributed by atoms with van der Waals surface area (Å²) >= 11 is 0. The van der Waals surface area contributed by atoms with E-state index in [0.29, 0.717) is 0 Å². The van der Waals surface area contributed by atoms with Crippen LogP contribution in [-0.4, -0.2) is 36.0 Å². The van der Waals surface area contributed by atoms with E-state index in [4.69, 9.17) is 18.2 Å². The molecule has 0 aliphatic carbocycles. The molecule has 0 spiro atoms. The standard InChI is InChI=1S/ClH.Mg.H3N.H2O5S/c;;;1-5-6(2,3)4/h1H;;1H3;1H,(H,2,3,4)/q;+2;;/p-2. The van der Waals surface area contributed by atoms with Gasteiger partial charge in [-0.25, -0.2) is 8.42 Å². The van der Waals surface area contributed by atoms with E-state index in [1.807, 2.05) is 0 Å². The molecule has 0 aromatic rings. The zero-order chi connectivity index (χ0) is 5.21. The van der Waals surface area contributed by atoms with Crippen LogP contribution in [0.1, 0.15) is 0 Å². The first-order valence-electron chi connectivity index (χ1n) is 0.833. The van der Waals surface area contributed by atoms with Crippen LogP contribution in [0.25, 0.3) is 0 Å². The van der Waals surface area contributed by atoms with Crippen molar-refractivity contribution in [2.45, 2.75) is 0 Å². The molecule has 0 unspecified atom stereocenters. The summed E-state index contributed by atoms with van der Waals surface area (Å²) in [6, 6.07) is 0. The molecule has 54 valence electrons. The molecule has 0 bridgehead atoms. The molecule has 0 aliphatic rings. The fourth-order valence-electron chi connectivity index (χ4n) is 0. The van der Waals surface area contributed by atoms with Crippen LogP contribution in [0, 0.1) is 0 Å². The normalized spacial score (nSPS) is 7.78. The van der Waals surface area contributed by atoms with Crippen LogP contribution in [0.4, 0.5) is 0 Å². The Labute approximate surface area is 74.6 Å². The molecule has 0 fully saturated rings. The molecule has 0 saturated heterocycles. The van der Waals surface area contributed by atoms with Crippen LogP contribution < -0.4 is 11.4 Å². The monoisotopic (exact) mass is 189 g/mol. The molecule has 0 aliphatic heterocycles. The van der Waals surface area contributed by atoms with E-state index >= 15 is 0 Å². The second-order valence-electron chi connectivity index (χ2n) is 0.476. The Morgan fingerprint density at radius 1 is 1.33 bits per heavy atom. The Bertz CT molecular complexity index is 119. The largest absolute Gasteiger partial charge is 2.00 e. The van der Waals surface area contributed by atoms with Gasteiger partial charge in [0.2, 0.25) is 10.4 Å². The van der Waals surface area contributed by atoms with Gasteiger partial charge in [-0.1, -0.05) is 0 Å². The molecule has 0 rings (SSSR count). The molecule has 0 aromatic heterocycles. The second kappa shape index (κ2) is 8.85. The molecule has 0 amide bonds. The van der Waals surface area contributed by atoms with Crippen molar-refractivity contribution in [1.29, 1.82) is 0 Å². The van der Waals surface area contributed by atoms with Crippen LogP contribution in [0.5, 0.6) is 0 Å². The van der Waals surface area contributed by atoms with Crippen LogP contribution in [0.3, 0.4) is 0 Å². The van der Waals surface area contributed by atoms with Gasteiger partial charge in [0.1, 0.15) is 0 Å². The van der Waals surface area contributed by atoms with Crippen molar-refractivity contribution >= 4 is 45.9 Å². The van der Waals surface area contributed by atoms with Gasteiger partial charge >= 0.3 is 23.1 Å². The van der Waals surface area contributed by atoms with Crippen molar-refractivity contribution in [3.8, 4) is 0 Å². The van der Waals surface area contributed by atoms with E-state index in [9.17, 15) is 0 Å². The van der Waals surface area contributed by atoms with Crippen molar-refractivity contribution < 1.29 is 22.6 Å². The Morgan fingerprint density at radius 3 is 1.44 bits per heavy atom. The first kappa shape index (κ1) is 22.5. The average Bonchev–Trinajstić information content (AvgIpc) is 1.35. The van der Waals surface area contributed by atoms with Crippen molar-refractivity contribution in [3.05, 3.63) is 0 Å². The summed E-state index contributed by atoms with van der Waals surface area (Å²) in [5.74, 6) is 0. The topological polar surface area (TPSA) is 124 Å². The van der Waals surface area contributed by atoms with Crippen LogP contribution in [-0.2, 0) is 14.7 Å². The summed E-state index contributed by atoms with van der Waals surface area (Å²) in [4.78, 5) is 0. The van der Waals surface area contributed by atoms with Gasteiger partial charge in [0, 0.05) is 0 Å². The molecule has 9 heteroatoms. The zero-order valence-corrected chi connectivity index (χ0v) is 7.32. The fraction of sp³-hybridized carbons (Fsp3) is 0. The predicted octanol–water partition coefficient (Wildman–Crippen LogP) is -2.06. The van der Waals surface area contributed by atoms with Gasteiger partial charge in [-0.3, -0.25) is 0 Å². The summed E-state index contributed by atoms with van der Waals surface area (Å²) < 4.78 is 28.8. The van der Waals surface area contributed by atoms with Crippen molar-refractivity contribution in [2.75, 3.05) is 0 Å². The first-order valence-corrected chi connectivity index (χ1v) is 2.17. The van der Waals surface area contributed by atoms with Gasteiger partial charge in [-0.15, -0.1) is 12.4 Å². The second-order valence-corrected chi connectivity index (χ2v) is 1.43. The Hall–Kier alpha value is 0.846. The third-order valence-corrected chi connectivity index (χ3v) is 0.250. The minimum absolute atomic E-state index is 0. The van der Waals surface area contributed by atoms with E-state index in [1.54, 1.807) is 0 Å². The van der Waals surface area contributed by atoms with Crippen LogP contribution >= 0.6 is 12.4 Å². The third-order valence-electron chi connectivity index (χ3n) is 0.0833. The van der Waals surface area contributed by atoms with Gasteiger partial charge < -0.3 is 20.3 Å². The minimum atomic E-state index is -4.97. The number of hydrogen-bond acceptors (Lipinski definition) is 6. The number of halogens is 1. The molecule has 0 heterocycles. The Kier molecular flexibility index (Phi) is 22.2. The SMILES string of the molecule is Cl.N.O=S(=O)([O-])O[O-].[Mg+2]. The maximum atomic E-state index is 8.91. The molecule has 9 heavy (non-hydrogen) atoms. The number of rotatable bonds is 1. The van der Waals surface area contributed by atoms with Gasteiger partial charge in [-0.05, 0) is 0 Å². The minimum Gasteiger partial charge on any atom is -0.726 e. The molecule has 0 saturated carbocycles. The smallest absolute Gasteiger partial charge is 0.726 e. The predicted molar refractivity (Wildman–Crippen MR) is 28.8 cm³/mol. The maximum absolute atomic E-state index is 8.91. The van der Waals surface area contributed by atoms with Crippen LogP contribution in [0.2, 0.25) is 0 Å². The summed E-state index contributed by atoms with van der Waals surface area (Å²) in [6.45, 7) is 0. The number of hydrogen-bond donors (Lipinski definition) is 1. The van der Waals surface area contributed by atoms with E-state index in [0.717, 1.165) is 0 Å². The van der Waals surface area contributed by atoms with Gasteiger partial charge in [0.05, 0.1) is 0 Å². The van der Waals surface area contributed by atoms with Gasteiger partial charge in [0.15, 0.2) is 0 Å². The molecule has 0 atom stereocenters. The molecule has 0 radical (unpaired) electrons. The van der Waals surface area contributed by atoms with Crippen molar-refractivity contribution in [3.63, 3.8) is 0 Å². The van der Waals surface area contributed by atoms with E-state index in [2.05, 4.69) is 4.33 Å². The van der Waals surface area contributed by atoms with Crippen molar-refractivity contribution in [1.82, 2.24) is 6.15 Å². The molecular formula is H4ClMgNO5S. The molecule has 6 nitrogen and oxygen atoms in total. The zero-order valence-electron chi connectivity index (χ0n) is 4.27. The third kappa shape index (κ3) is 28.0. The Balaban J connectivity index is -0.0000000417. The van der Waals surface area contributed by atoms with Crippen LogP contribution in [0.15, 0.2) is 0 Å². The van der Waals surface area contributed by atoms with E-state index in [-0.39, 0.29) is 41.6 Å². The van der Waals surface area contributed by atoms with E-state index in [1.165, 1.54) is 0 Å². The Morgan fingerprint density at radius 2 is 1.44 bits per heavy atom. The van der Waals surface area contributed by atoms with Crippen molar-refractivity contribution in [2.24, 2.45) is 0 Å². The summed E-state index contributed by atoms with van der Waals surface area (Å²) in [6.07, 6.45) is 0. The maximum Gasteiger partial charge on any atom is 2.00 e. The summed E-state index contributed by atoms with van der Waals surface area (Å²) in [5.41, 5.74) is 0. The molecule has 3 N–H and O–H groups in total. The molecular weight excluding hydrogens is 186 g/mol. The quantitative estimate of drug-likeness (QED) is 0.166. The molecule has 0 aromatic carbocycles. The van der Waals surface area contributed by atoms with Gasteiger partial charge in [0.25, 0.3) is 0 Å². The summed E-state index contributed by atoms with van der Waals surface area (Å²) in [5, 5.41) is 8.55. The first-order chi connectivity index (χ1) is 2.56. The fourth-order valence-corrected chi connectivity index (χ4v) is 0. The summed E-state index contributed by atoms with van der Waals surface area (Å²) in [7, 11) is -4.97. The van der Waals surface area contributed by atoms with E-state index < -0.39 is 10.4 Å².